The number of methoxy groups -OCH3 is 1. The van der Waals surface area contributed by atoms with Crippen LogP contribution in [-0.2, 0) is 10.2 Å². The second-order valence-electron chi connectivity index (χ2n) is 7.84. The lowest BCUT2D eigenvalue weighted by Gasteiger charge is -2.24. The summed E-state index contributed by atoms with van der Waals surface area (Å²) < 4.78 is 4.83. The molecule has 2 rings (SSSR count). The average Bonchev–Trinajstić information content (AvgIpc) is 2.60. The third-order valence-electron chi connectivity index (χ3n) is 4.07. The maximum Gasteiger partial charge on any atom is 0.337 e. The minimum Gasteiger partial charge on any atom is -0.465 e. The molecule has 0 atom stereocenters. The van der Waals surface area contributed by atoms with Gasteiger partial charge in [0.15, 0.2) is 0 Å². The Morgan fingerprint density at radius 3 is 2.30 bits per heavy atom. The molecule has 0 radical (unpaired) electrons. The molecule has 144 valence electrons. The smallest absolute Gasteiger partial charge is 0.337 e. The van der Waals surface area contributed by atoms with Crippen molar-refractivity contribution in [2.75, 3.05) is 12.4 Å². The van der Waals surface area contributed by atoms with Crippen molar-refractivity contribution in [1.82, 2.24) is 5.32 Å². The number of ether oxygens (including phenoxy) is 1. The van der Waals surface area contributed by atoms with E-state index >= 15 is 0 Å². The lowest BCUT2D eigenvalue weighted by molar-refractivity contribution is 0.0600. The minimum atomic E-state index is -0.362. The number of anilines is 2. The fourth-order valence-electron chi connectivity index (χ4n) is 2.76. The van der Waals surface area contributed by atoms with Crippen LogP contribution in [0.2, 0.25) is 0 Å². The Hall–Kier alpha value is -2.82. The molecule has 0 bridgehead atoms. The first-order chi connectivity index (χ1) is 12.6. The Kier molecular flexibility index (Phi) is 6.26. The number of benzene rings is 2. The zero-order valence-corrected chi connectivity index (χ0v) is 16.8. The molecule has 5 heteroatoms. The van der Waals surface area contributed by atoms with E-state index in [9.17, 15) is 9.59 Å². The Labute approximate surface area is 161 Å². The summed E-state index contributed by atoms with van der Waals surface area (Å²) in [6.45, 7) is 10.1. The van der Waals surface area contributed by atoms with Crippen LogP contribution in [-0.4, -0.2) is 25.0 Å². The standard InChI is InChI=1S/C22H28N2O3/c1-14(2)23-20(25)15-8-7-9-17(12-15)24-19-11-10-16(21(26)27-6)13-18(19)22(3,4)5/h7-14,24H,1-6H3,(H,23,25). The molecule has 0 saturated heterocycles. The van der Waals surface area contributed by atoms with E-state index in [4.69, 9.17) is 4.74 Å². The van der Waals surface area contributed by atoms with Crippen molar-refractivity contribution in [1.29, 1.82) is 0 Å². The van der Waals surface area contributed by atoms with Gasteiger partial charge in [-0.3, -0.25) is 4.79 Å². The van der Waals surface area contributed by atoms with Gasteiger partial charge in [0, 0.05) is 23.0 Å². The molecule has 0 aliphatic heterocycles. The molecule has 5 nitrogen and oxygen atoms in total. The Morgan fingerprint density at radius 2 is 1.70 bits per heavy atom. The van der Waals surface area contributed by atoms with Gasteiger partial charge < -0.3 is 15.4 Å². The number of esters is 1. The largest absolute Gasteiger partial charge is 0.465 e. The number of hydrogen-bond acceptors (Lipinski definition) is 4. The zero-order chi connectivity index (χ0) is 20.2. The highest BCUT2D eigenvalue weighted by Crippen LogP contribution is 2.32. The van der Waals surface area contributed by atoms with Gasteiger partial charge in [-0.1, -0.05) is 26.8 Å². The molecule has 0 aliphatic rings. The summed E-state index contributed by atoms with van der Waals surface area (Å²) in [7, 11) is 1.37. The van der Waals surface area contributed by atoms with Gasteiger partial charge in [0.05, 0.1) is 12.7 Å². The number of rotatable bonds is 5. The SMILES string of the molecule is COC(=O)c1ccc(Nc2cccc(C(=O)NC(C)C)c2)c(C(C)(C)C)c1. The normalized spacial score (nSPS) is 11.2. The topological polar surface area (TPSA) is 67.4 Å². The highest BCUT2D eigenvalue weighted by molar-refractivity contribution is 5.95. The van der Waals surface area contributed by atoms with Gasteiger partial charge in [-0.15, -0.1) is 0 Å². The van der Waals surface area contributed by atoms with E-state index in [1.165, 1.54) is 7.11 Å². The summed E-state index contributed by atoms with van der Waals surface area (Å²) in [5, 5.41) is 6.27. The van der Waals surface area contributed by atoms with Gasteiger partial charge in [0.2, 0.25) is 0 Å². The molecule has 0 heterocycles. The lowest BCUT2D eigenvalue weighted by atomic mass is 9.84. The highest BCUT2D eigenvalue weighted by Gasteiger charge is 2.21. The van der Waals surface area contributed by atoms with Crippen molar-refractivity contribution in [3.63, 3.8) is 0 Å². The molecule has 0 fully saturated rings. The van der Waals surface area contributed by atoms with Gasteiger partial charge in [0.1, 0.15) is 0 Å². The first-order valence-electron chi connectivity index (χ1n) is 9.02. The molecule has 1 amide bonds. The third kappa shape index (κ3) is 5.33. The second kappa shape index (κ2) is 8.25. The summed E-state index contributed by atoms with van der Waals surface area (Å²) in [5.41, 5.74) is 3.61. The van der Waals surface area contributed by atoms with Crippen LogP contribution >= 0.6 is 0 Å². The number of hydrogen-bond donors (Lipinski definition) is 2. The lowest BCUT2D eigenvalue weighted by Crippen LogP contribution is -2.30. The number of amides is 1. The number of carbonyl (C=O) groups excluding carboxylic acids is 2. The minimum absolute atomic E-state index is 0.0764. The summed E-state index contributed by atoms with van der Waals surface area (Å²) in [5.74, 6) is -0.467. The van der Waals surface area contributed by atoms with E-state index in [2.05, 4.69) is 31.4 Å². The first-order valence-corrected chi connectivity index (χ1v) is 9.02. The molecule has 2 N–H and O–H groups in total. The monoisotopic (exact) mass is 368 g/mol. The van der Waals surface area contributed by atoms with Gasteiger partial charge in [0.25, 0.3) is 5.91 Å². The molecule has 0 spiro atoms. The summed E-state index contributed by atoms with van der Waals surface area (Å²) in [6.07, 6.45) is 0. The van der Waals surface area contributed by atoms with Crippen LogP contribution in [0.3, 0.4) is 0 Å². The Morgan fingerprint density at radius 1 is 1.00 bits per heavy atom. The molecule has 2 aromatic carbocycles. The quantitative estimate of drug-likeness (QED) is 0.754. The molecule has 0 aromatic heterocycles. The van der Waals surface area contributed by atoms with Crippen molar-refractivity contribution < 1.29 is 14.3 Å². The van der Waals surface area contributed by atoms with Gasteiger partial charge in [-0.25, -0.2) is 4.79 Å². The Bertz CT molecular complexity index is 836. The van der Waals surface area contributed by atoms with Crippen LogP contribution in [0.1, 0.15) is 60.9 Å². The number of carbonyl (C=O) groups is 2. The molecular formula is C22H28N2O3. The first kappa shape index (κ1) is 20.5. The average molecular weight is 368 g/mol. The van der Waals surface area contributed by atoms with Crippen molar-refractivity contribution >= 4 is 23.3 Å². The molecular weight excluding hydrogens is 340 g/mol. The van der Waals surface area contributed by atoms with Crippen LogP contribution in [0.4, 0.5) is 11.4 Å². The van der Waals surface area contributed by atoms with Crippen molar-refractivity contribution in [3.05, 3.63) is 59.2 Å². The van der Waals surface area contributed by atoms with Gasteiger partial charge >= 0.3 is 5.97 Å². The van der Waals surface area contributed by atoms with Crippen LogP contribution in [0.25, 0.3) is 0 Å². The predicted octanol–water partition coefficient (Wildman–Crippen LogP) is 4.65. The van der Waals surface area contributed by atoms with Crippen LogP contribution in [0, 0.1) is 0 Å². The van der Waals surface area contributed by atoms with E-state index in [0.717, 1.165) is 16.9 Å². The van der Waals surface area contributed by atoms with Gasteiger partial charge in [-0.05, 0) is 61.2 Å². The van der Waals surface area contributed by atoms with E-state index in [1.807, 2.05) is 44.2 Å². The fraction of sp³-hybridized carbons (Fsp3) is 0.364. The fourth-order valence-corrected chi connectivity index (χ4v) is 2.76. The summed E-state index contributed by atoms with van der Waals surface area (Å²) >= 11 is 0. The molecule has 2 aromatic rings. The summed E-state index contributed by atoms with van der Waals surface area (Å²) in [6, 6.07) is 12.9. The van der Waals surface area contributed by atoms with E-state index in [1.54, 1.807) is 12.1 Å². The molecule has 0 saturated carbocycles. The predicted molar refractivity (Wildman–Crippen MR) is 109 cm³/mol. The molecule has 0 aliphatic carbocycles. The van der Waals surface area contributed by atoms with E-state index in [-0.39, 0.29) is 23.3 Å². The second-order valence-corrected chi connectivity index (χ2v) is 7.84. The third-order valence-corrected chi connectivity index (χ3v) is 4.07. The highest BCUT2D eigenvalue weighted by atomic mass is 16.5. The van der Waals surface area contributed by atoms with E-state index in [0.29, 0.717) is 11.1 Å². The number of nitrogens with one attached hydrogen (secondary N) is 2. The zero-order valence-electron chi connectivity index (χ0n) is 16.8. The van der Waals surface area contributed by atoms with Gasteiger partial charge in [-0.2, -0.15) is 0 Å². The van der Waals surface area contributed by atoms with Crippen molar-refractivity contribution in [2.24, 2.45) is 0 Å². The van der Waals surface area contributed by atoms with Crippen LogP contribution in [0.15, 0.2) is 42.5 Å². The van der Waals surface area contributed by atoms with E-state index < -0.39 is 0 Å². The van der Waals surface area contributed by atoms with Crippen molar-refractivity contribution in [3.8, 4) is 0 Å². The van der Waals surface area contributed by atoms with Crippen LogP contribution in [0.5, 0.6) is 0 Å². The van der Waals surface area contributed by atoms with Crippen LogP contribution < -0.4 is 10.6 Å². The molecule has 0 unspecified atom stereocenters. The van der Waals surface area contributed by atoms with Crippen molar-refractivity contribution in [2.45, 2.75) is 46.1 Å². The Balaban J connectivity index is 2.37. The summed E-state index contributed by atoms with van der Waals surface area (Å²) in [4.78, 5) is 24.1. The maximum absolute atomic E-state index is 12.2. The maximum atomic E-state index is 12.2. The molecule has 27 heavy (non-hydrogen) atoms.